The average molecular weight is 217 g/mol. The maximum atomic E-state index is 10.7. The molecule has 0 bridgehead atoms. The molecule has 5 nitrogen and oxygen atoms in total. The molecule has 82 valence electrons. The van der Waals surface area contributed by atoms with E-state index < -0.39 is 5.97 Å². The molecule has 0 radical (unpaired) electrons. The molecule has 0 fully saturated rings. The van der Waals surface area contributed by atoms with Gasteiger partial charge in [0.15, 0.2) is 0 Å². The van der Waals surface area contributed by atoms with Gasteiger partial charge in [-0.05, 0) is 25.0 Å². The fourth-order valence-corrected chi connectivity index (χ4v) is 1.64. The minimum Gasteiger partial charge on any atom is -0.475 e. The Balaban J connectivity index is 2.54. The lowest BCUT2D eigenvalue weighted by molar-refractivity contribution is 0.0683. The summed E-state index contributed by atoms with van der Waals surface area (Å²) >= 11 is 0. The zero-order valence-electron chi connectivity index (χ0n) is 9.01. The minimum atomic E-state index is -1.12. The maximum Gasteiger partial charge on any atom is 0.375 e. The van der Waals surface area contributed by atoms with Gasteiger partial charge in [0.05, 0.1) is 5.69 Å². The van der Waals surface area contributed by atoms with E-state index in [9.17, 15) is 4.79 Å². The van der Waals surface area contributed by atoms with E-state index in [-0.39, 0.29) is 5.82 Å². The summed E-state index contributed by atoms with van der Waals surface area (Å²) in [6, 6.07) is 5.85. The molecule has 5 heteroatoms. The summed E-state index contributed by atoms with van der Waals surface area (Å²) < 4.78 is 1.49. The molecule has 0 amide bonds. The molecule has 0 atom stereocenters. The van der Waals surface area contributed by atoms with Crippen LogP contribution >= 0.6 is 0 Å². The molecule has 0 saturated heterocycles. The van der Waals surface area contributed by atoms with E-state index in [4.69, 9.17) is 5.11 Å². The molecule has 1 N–H and O–H groups in total. The second-order valence-electron chi connectivity index (χ2n) is 3.56. The third-order valence-corrected chi connectivity index (χ3v) is 2.35. The molecule has 16 heavy (non-hydrogen) atoms. The van der Waals surface area contributed by atoms with Crippen LogP contribution in [0.2, 0.25) is 0 Å². The van der Waals surface area contributed by atoms with Crippen molar-refractivity contribution in [2.24, 2.45) is 0 Å². The van der Waals surface area contributed by atoms with Gasteiger partial charge in [0, 0.05) is 0 Å². The highest BCUT2D eigenvalue weighted by molar-refractivity contribution is 5.82. The number of nitrogens with zero attached hydrogens (tertiary/aromatic N) is 3. The van der Waals surface area contributed by atoms with Crippen LogP contribution in [0, 0.1) is 13.8 Å². The molecule has 2 aromatic rings. The van der Waals surface area contributed by atoms with Crippen LogP contribution in [0.4, 0.5) is 0 Å². The Labute approximate surface area is 92.4 Å². The summed E-state index contributed by atoms with van der Waals surface area (Å²) in [5, 5.41) is 12.7. The van der Waals surface area contributed by atoms with Crippen molar-refractivity contribution >= 4 is 5.97 Å². The van der Waals surface area contributed by atoms with Crippen LogP contribution in [0.25, 0.3) is 5.69 Å². The Morgan fingerprint density at radius 1 is 1.31 bits per heavy atom. The Morgan fingerprint density at radius 3 is 2.44 bits per heavy atom. The summed E-state index contributed by atoms with van der Waals surface area (Å²) in [4.78, 5) is 14.4. The van der Waals surface area contributed by atoms with Gasteiger partial charge in [0.1, 0.15) is 6.33 Å². The van der Waals surface area contributed by atoms with Crippen molar-refractivity contribution in [1.82, 2.24) is 14.8 Å². The molecule has 1 aromatic heterocycles. The molecule has 2 rings (SSSR count). The molecule has 0 spiro atoms. The Hall–Kier alpha value is -2.17. The van der Waals surface area contributed by atoms with Crippen molar-refractivity contribution in [1.29, 1.82) is 0 Å². The largest absolute Gasteiger partial charge is 0.475 e. The Morgan fingerprint density at radius 2 is 1.94 bits per heavy atom. The SMILES string of the molecule is Cc1cccc(C)c1-n1cnc(C(=O)O)n1. The van der Waals surface area contributed by atoms with Crippen LogP contribution in [0.1, 0.15) is 21.7 Å². The van der Waals surface area contributed by atoms with Gasteiger partial charge in [-0.15, -0.1) is 5.10 Å². The predicted octanol–water partition coefficient (Wildman–Crippen LogP) is 1.58. The number of aromatic nitrogens is 3. The zero-order valence-corrected chi connectivity index (χ0v) is 9.01. The van der Waals surface area contributed by atoms with E-state index in [1.165, 1.54) is 11.0 Å². The number of rotatable bonds is 2. The van der Waals surface area contributed by atoms with Crippen LogP contribution in [0.3, 0.4) is 0 Å². The summed E-state index contributed by atoms with van der Waals surface area (Å²) in [5.74, 6) is -1.31. The van der Waals surface area contributed by atoms with Gasteiger partial charge < -0.3 is 5.11 Å². The first kappa shape index (κ1) is 10.4. The second-order valence-corrected chi connectivity index (χ2v) is 3.56. The molecule has 0 aliphatic rings. The number of benzene rings is 1. The van der Waals surface area contributed by atoms with E-state index in [0.717, 1.165) is 16.8 Å². The third-order valence-electron chi connectivity index (χ3n) is 2.35. The van der Waals surface area contributed by atoms with E-state index in [0.29, 0.717) is 0 Å². The highest BCUT2D eigenvalue weighted by Gasteiger charge is 2.11. The summed E-state index contributed by atoms with van der Waals surface area (Å²) in [7, 11) is 0. The normalized spacial score (nSPS) is 10.4. The quantitative estimate of drug-likeness (QED) is 0.829. The van der Waals surface area contributed by atoms with Crippen molar-refractivity contribution in [2.75, 3.05) is 0 Å². The molecule has 0 unspecified atom stereocenters. The minimum absolute atomic E-state index is 0.192. The van der Waals surface area contributed by atoms with Crippen molar-refractivity contribution in [2.45, 2.75) is 13.8 Å². The average Bonchev–Trinajstić information content (AvgIpc) is 2.66. The summed E-state index contributed by atoms with van der Waals surface area (Å²) in [5.41, 5.74) is 2.94. The first-order valence-corrected chi connectivity index (χ1v) is 4.81. The van der Waals surface area contributed by atoms with E-state index in [1.54, 1.807) is 0 Å². The van der Waals surface area contributed by atoms with Gasteiger partial charge in [-0.1, -0.05) is 18.2 Å². The van der Waals surface area contributed by atoms with Crippen molar-refractivity contribution in [3.05, 3.63) is 41.5 Å². The van der Waals surface area contributed by atoms with Crippen LogP contribution in [-0.2, 0) is 0 Å². The molecule has 0 aliphatic heterocycles. The Kier molecular flexibility index (Phi) is 2.44. The monoisotopic (exact) mass is 217 g/mol. The lowest BCUT2D eigenvalue weighted by Crippen LogP contribution is -2.04. The Bertz CT molecular complexity index is 526. The number of hydrogen-bond donors (Lipinski definition) is 1. The number of aryl methyl sites for hydroxylation is 2. The number of para-hydroxylation sites is 1. The molecule has 1 heterocycles. The van der Waals surface area contributed by atoms with Crippen LogP contribution < -0.4 is 0 Å². The zero-order chi connectivity index (χ0) is 11.7. The highest BCUT2D eigenvalue weighted by Crippen LogP contribution is 2.17. The molecule has 0 saturated carbocycles. The fraction of sp³-hybridized carbons (Fsp3) is 0.182. The van der Waals surface area contributed by atoms with Crippen molar-refractivity contribution in [3.63, 3.8) is 0 Å². The second kappa shape index (κ2) is 3.77. The van der Waals surface area contributed by atoms with Crippen LogP contribution in [-0.4, -0.2) is 25.8 Å². The highest BCUT2D eigenvalue weighted by atomic mass is 16.4. The molecular formula is C11H11N3O2. The van der Waals surface area contributed by atoms with Gasteiger partial charge in [0.25, 0.3) is 5.82 Å². The first-order valence-electron chi connectivity index (χ1n) is 4.81. The maximum absolute atomic E-state index is 10.7. The summed E-state index contributed by atoms with van der Waals surface area (Å²) in [6.45, 7) is 3.90. The molecule has 0 aliphatic carbocycles. The van der Waals surface area contributed by atoms with E-state index >= 15 is 0 Å². The number of hydrogen-bond acceptors (Lipinski definition) is 3. The summed E-state index contributed by atoms with van der Waals surface area (Å²) in [6.07, 6.45) is 1.42. The van der Waals surface area contributed by atoms with Gasteiger partial charge >= 0.3 is 5.97 Å². The van der Waals surface area contributed by atoms with Gasteiger partial charge in [-0.25, -0.2) is 14.5 Å². The van der Waals surface area contributed by atoms with Crippen LogP contribution in [0.15, 0.2) is 24.5 Å². The molecular weight excluding hydrogens is 206 g/mol. The van der Waals surface area contributed by atoms with E-state index in [2.05, 4.69) is 10.1 Å². The lowest BCUT2D eigenvalue weighted by atomic mass is 10.1. The standard InChI is InChI=1S/C11H11N3O2/c1-7-4-3-5-8(2)9(7)14-6-12-10(13-14)11(15)16/h3-6H,1-2H3,(H,15,16). The topological polar surface area (TPSA) is 68.0 Å². The van der Waals surface area contributed by atoms with Crippen molar-refractivity contribution < 1.29 is 9.90 Å². The number of carbonyl (C=O) groups is 1. The van der Waals surface area contributed by atoms with Crippen LogP contribution in [0.5, 0.6) is 0 Å². The van der Waals surface area contributed by atoms with E-state index in [1.807, 2.05) is 32.0 Å². The lowest BCUT2D eigenvalue weighted by Gasteiger charge is -2.07. The van der Waals surface area contributed by atoms with Crippen molar-refractivity contribution in [3.8, 4) is 5.69 Å². The predicted molar refractivity (Wildman–Crippen MR) is 57.8 cm³/mol. The van der Waals surface area contributed by atoms with Gasteiger partial charge in [-0.3, -0.25) is 0 Å². The number of carboxylic acid groups (broad SMARTS) is 1. The fourth-order valence-electron chi connectivity index (χ4n) is 1.64. The van der Waals surface area contributed by atoms with Gasteiger partial charge in [-0.2, -0.15) is 0 Å². The number of carboxylic acids is 1. The van der Waals surface area contributed by atoms with Gasteiger partial charge in [0.2, 0.25) is 0 Å². The third kappa shape index (κ3) is 1.67. The molecule has 1 aromatic carbocycles. The smallest absolute Gasteiger partial charge is 0.375 e. The first-order chi connectivity index (χ1) is 7.59. The number of aromatic carboxylic acids is 1.